The molecule has 5 heteroatoms. The Kier molecular flexibility index (Phi) is 3.18. The topological polar surface area (TPSA) is 70.7 Å². The molecule has 2 heterocycles. The molecule has 0 spiro atoms. The van der Waals surface area contributed by atoms with E-state index < -0.39 is 0 Å². The number of rotatable bonds is 3. The summed E-state index contributed by atoms with van der Waals surface area (Å²) in [6.45, 7) is 3.85. The zero-order chi connectivity index (χ0) is 12.3. The lowest BCUT2D eigenvalue weighted by Gasteiger charge is -2.13. The predicted octanol–water partition coefficient (Wildman–Crippen LogP) is 1.60. The average molecular weight is 230 g/mol. The van der Waals surface area contributed by atoms with Crippen LogP contribution in [0, 0.1) is 6.92 Å². The number of nitrogens with one attached hydrogen (secondary N) is 2. The van der Waals surface area contributed by atoms with Gasteiger partial charge in [0.05, 0.1) is 17.8 Å². The molecular weight excluding hydrogens is 216 g/mol. The lowest BCUT2D eigenvalue weighted by molar-refractivity contribution is 0.0940. The third-order valence-electron chi connectivity index (χ3n) is 2.54. The van der Waals surface area contributed by atoms with Gasteiger partial charge in [0.1, 0.15) is 0 Å². The first-order valence-corrected chi connectivity index (χ1v) is 5.39. The molecule has 5 nitrogen and oxygen atoms in total. The molecule has 1 amide bonds. The fourth-order valence-electron chi connectivity index (χ4n) is 1.47. The van der Waals surface area contributed by atoms with Crippen molar-refractivity contribution in [3.8, 4) is 0 Å². The highest BCUT2D eigenvalue weighted by molar-refractivity contribution is 5.93. The second-order valence-electron chi connectivity index (χ2n) is 3.92. The van der Waals surface area contributed by atoms with E-state index in [1.807, 2.05) is 26.0 Å². The second kappa shape index (κ2) is 4.78. The Morgan fingerprint density at radius 1 is 1.41 bits per heavy atom. The van der Waals surface area contributed by atoms with Crippen molar-refractivity contribution < 1.29 is 4.79 Å². The van der Waals surface area contributed by atoms with Crippen LogP contribution >= 0.6 is 0 Å². The Morgan fingerprint density at radius 3 is 2.82 bits per heavy atom. The van der Waals surface area contributed by atoms with Crippen LogP contribution < -0.4 is 5.32 Å². The molecule has 2 rings (SSSR count). The molecule has 88 valence electrons. The van der Waals surface area contributed by atoms with E-state index in [-0.39, 0.29) is 11.9 Å². The lowest BCUT2D eigenvalue weighted by atomic mass is 10.1. The van der Waals surface area contributed by atoms with E-state index in [1.54, 1.807) is 12.4 Å². The molecule has 0 saturated heterocycles. The van der Waals surface area contributed by atoms with Crippen molar-refractivity contribution in [2.24, 2.45) is 0 Å². The van der Waals surface area contributed by atoms with Gasteiger partial charge in [-0.25, -0.2) is 0 Å². The van der Waals surface area contributed by atoms with Crippen molar-refractivity contribution in [2.75, 3.05) is 0 Å². The summed E-state index contributed by atoms with van der Waals surface area (Å²) in [5.74, 6) is -0.146. The van der Waals surface area contributed by atoms with E-state index in [1.165, 1.54) is 6.20 Å². The number of H-pyrrole nitrogens is 1. The third-order valence-corrected chi connectivity index (χ3v) is 2.54. The molecule has 2 N–H and O–H groups in total. The number of amides is 1. The predicted molar refractivity (Wildman–Crippen MR) is 63.4 cm³/mol. The SMILES string of the molecule is Cc1ccc(C(C)NC(=O)c2cn[nH]c2)cn1. The number of hydrogen-bond donors (Lipinski definition) is 2. The maximum atomic E-state index is 11.8. The first kappa shape index (κ1) is 11.3. The van der Waals surface area contributed by atoms with Crippen LogP contribution in [-0.2, 0) is 0 Å². The van der Waals surface area contributed by atoms with Crippen molar-refractivity contribution in [3.05, 3.63) is 47.5 Å². The second-order valence-corrected chi connectivity index (χ2v) is 3.92. The van der Waals surface area contributed by atoms with Crippen LogP contribution in [0.2, 0.25) is 0 Å². The van der Waals surface area contributed by atoms with Crippen molar-refractivity contribution in [1.82, 2.24) is 20.5 Å². The van der Waals surface area contributed by atoms with Crippen LogP contribution in [0.15, 0.2) is 30.7 Å². The van der Waals surface area contributed by atoms with Gasteiger partial charge in [-0.15, -0.1) is 0 Å². The Morgan fingerprint density at radius 2 is 2.24 bits per heavy atom. The third kappa shape index (κ3) is 2.69. The summed E-state index contributed by atoms with van der Waals surface area (Å²) in [6, 6.07) is 3.81. The number of carbonyl (C=O) groups is 1. The molecule has 0 aromatic carbocycles. The molecule has 1 unspecified atom stereocenters. The Hall–Kier alpha value is -2.17. The molecule has 0 aliphatic carbocycles. The largest absolute Gasteiger partial charge is 0.345 e. The van der Waals surface area contributed by atoms with Gasteiger partial charge in [0, 0.05) is 18.1 Å². The zero-order valence-electron chi connectivity index (χ0n) is 9.77. The summed E-state index contributed by atoms with van der Waals surface area (Å²) in [7, 11) is 0. The maximum absolute atomic E-state index is 11.8. The number of aromatic nitrogens is 3. The molecule has 0 radical (unpaired) electrons. The summed E-state index contributed by atoms with van der Waals surface area (Å²) in [4.78, 5) is 16.0. The molecule has 0 aliphatic rings. The Balaban J connectivity index is 2.04. The van der Waals surface area contributed by atoms with Crippen LogP contribution in [0.5, 0.6) is 0 Å². The van der Waals surface area contributed by atoms with E-state index in [4.69, 9.17) is 0 Å². The summed E-state index contributed by atoms with van der Waals surface area (Å²) >= 11 is 0. The molecule has 0 fully saturated rings. The summed E-state index contributed by atoms with van der Waals surface area (Å²) < 4.78 is 0. The van der Waals surface area contributed by atoms with Crippen molar-refractivity contribution in [1.29, 1.82) is 0 Å². The number of carbonyl (C=O) groups excluding carboxylic acids is 1. The van der Waals surface area contributed by atoms with E-state index in [0.29, 0.717) is 5.56 Å². The van der Waals surface area contributed by atoms with Crippen molar-refractivity contribution in [3.63, 3.8) is 0 Å². The van der Waals surface area contributed by atoms with Gasteiger partial charge in [0.2, 0.25) is 0 Å². The van der Waals surface area contributed by atoms with Gasteiger partial charge < -0.3 is 5.32 Å². The van der Waals surface area contributed by atoms with Crippen LogP contribution in [-0.4, -0.2) is 21.1 Å². The van der Waals surface area contributed by atoms with Gasteiger partial charge in [-0.3, -0.25) is 14.9 Å². The van der Waals surface area contributed by atoms with Gasteiger partial charge >= 0.3 is 0 Å². The van der Waals surface area contributed by atoms with E-state index in [9.17, 15) is 4.79 Å². The molecule has 1 atom stereocenters. The minimum atomic E-state index is -0.146. The highest BCUT2D eigenvalue weighted by Crippen LogP contribution is 2.11. The first-order valence-electron chi connectivity index (χ1n) is 5.39. The molecule has 2 aromatic rings. The number of aromatic amines is 1. The number of hydrogen-bond acceptors (Lipinski definition) is 3. The Labute approximate surface area is 99.3 Å². The molecule has 2 aromatic heterocycles. The normalized spacial score (nSPS) is 12.1. The lowest BCUT2D eigenvalue weighted by Crippen LogP contribution is -2.26. The standard InChI is InChI=1S/C12H14N4O/c1-8-3-4-10(5-13-8)9(2)16-12(17)11-6-14-15-7-11/h3-7,9H,1-2H3,(H,14,15)(H,16,17). The van der Waals surface area contributed by atoms with E-state index >= 15 is 0 Å². The minimum absolute atomic E-state index is 0.0782. The first-order chi connectivity index (χ1) is 8.16. The molecule has 17 heavy (non-hydrogen) atoms. The van der Waals surface area contributed by atoms with Crippen LogP contribution in [0.25, 0.3) is 0 Å². The van der Waals surface area contributed by atoms with Gasteiger partial charge in [0.15, 0.2) is 0 Å². The quantitative estimate of drug-likeness (QED) is 0.841. The monoisotopic (exact) mass is 230 g/mol. The van der Waals surface area contributed by atoms with Crippen molar-refractivity contribution in [2.45, 2.75) is 19.9 Å². The van der Waals surface area contributed by atoms with E-state index in [2.05, 4.69) is 20.5 Å². The molecule has 0 aliphatic heterocycles. The fourth-order valence-corrected chi connectivity index (χ4v) is 1.47. The smallest absolute Gasteiger partial charge is 0.254 e. The maximum Gasteiger partial charge on any atom is 0.254 e. The number of pyridine rings is 1. The molecular formula is C12H14N4O. The van der Waals surface area contributed by atoms with Gasteiger partial charge in [-0.1, -0.05) is 6.07 Å². The Bertz CT molecular complexity index is 490. The zero-order valence-corrected chi connectivity index (χ0v) is 9.77. The van der Waals surface area contributed by atoms with Gasteiger partial charge in [-0.05, 0) is 25.5 Å². The van der Waals surface area contributed by atoms with E-state index in [0.717, 1.165) is 11.3 Å². The molecule has 0 bridgehead atoms. The van der Waals surface area contributed by atoms with Crippen LogP contribution in [0.3, 0.4) is 0 Å². The van der Waals surface area contributed by atoms with Crippen LogP contribution in [0.1, 0.15) is 34.6 Å². The minimum Gasteiger partial charge on any atom is -0.345 e. The van der Waals surface area contributed by atoms with Gasteiger partial charge in [0.25, 0.3) is 5.91 Å². The number of nitrogens with zero attached hydrogens (tertiary/aromatic N) is 2. The average Bonchev–Trinajstić information content (AvgIpc) is 2.83. The fraction of sp³-hybridized carbons (Fsp3) is 0.250. The van der Waals surface area contributed by atoms with Gasteiger partial charge in [-0.2, -0.15) is 5.10 Å². The number of aryl methyl sites for hydroxylation is 1. The summed E-state index contributed by atoms with van der Waals surface area (Å²) in [5, 5.41) is 9.22. The van der Waals surface area contributed by atoms with Crippen LogP contribution in [0.4, 0.5) is 0 Å². The summed E-state index contributed by atoms with van der Waals surface area (Å²) in [5.41, 5.74) is 2.46. The van der Waals surface area contributed by atoms with Crippen molar-refractivity contribution >= 4 is 5.91 Å². The molecule has 0 saturated carbocycles. The highest BCUT2D eigenvalue weighted by atomic mass is 16.1. The highest BCUT2D eigenvalue weighted by Gasteiger charge is 2.12. The summed E-state index contributed by atoms with van der Waals surface area (Å²) in [6.07, 6.45) is 4.83.